The first-order chi connectivity index (χ1) is 9.22. The zero-order valence-electron chi connectivity index (χ0n) is 12.3. The first-order valence-electron chi connectivity index (χ1n) is 8.02. The topological polar surface area (TPSA) is 20.2 Å². The minimum Gasteiger partial charge on any atom is -0.390 e. The first-order valence-corrected chi connectivity index (χ1v) is 8.02. The average Bonchev–Trinajstić information content (AvgIpc) is 2.44. The molecule has 1 nitrogen and oxygen atoms in total. The lowest BCUT2D eigenvalue weighted by Gasteiger charge is -2.32. The summed E-state index contributed by atoms with van der Waals surface area (Å²) in [6.07, 6.45) is 11.4. The summed E-state index contributed by atoms with van der Waals surface area (Å²) in [6.45, 7) is 2.24. The first kappa shape index (κ1) is 14.6. The SMILES string of the molecule is CCCCc1cccc(CCC2(O)CCCCC2)c1. The molecule has 0 aliphatic heterocycles. The van der Waals surface area contributed by atoms with Gasteiger partial charge in [0.1, 0.15) is 0 Å². The average molecular weight is 260 g/mol. The van der Waals surface area contributed by atoms with E-state index in [4.69, 9.17) is 0 Å². The van der Waals surface area contributed by atoms with E-state index in [-0.39, 0.29) is 5.60 Å². The Bertz CT molecular complexity index is 377. The molecule has 1 aliphatic carbocycles. The molecule has 0 aromatic heterocycles. The van der Waals surface area contributed by atoms with Crippen LogP contribution in [0, 0.1) is 0 Å². The third-order valence-corrected chi connectivity index (χ3v) is 4.47. The van der Waals surface area contributed by atoms with Gasteiger partial charge in [0.05, 0.1) is 5.60 Å². The van der Waals surface area contributed by atoms with Crippen LogP contribution in [0.15, 0.2) is 24.3 Å². The number of unbranched alkanes of at least 4 members (excludes halogenated alkanes) is 1. The molecule has 0 atom stereocenters. The third kappa shape index (κ3) is 4.65. The van der Waals surface area contributed by atoms with Crippen molar-refractivity contribution in [3.8, 4) is 0 Å². The lowest BCUT2D eigenvalue weighted by Crippen LogP contribution is -2.31. The summed E-state index contributed by atoms with van der Waals surface area (Å²) >= 11 is 0. The van der Waals surface area contributed by atoms with Crippen molar-refractivity contribution in [3.63, 3.8) is 0 Å². The monoisotopic (exact) mass is 260 g/mol. The summed E-state index contributed by atoms with van der Waals surface area (Å²) in [7, 11) is 0. The van der Waals surface area contributed by atoms with Gasteiger partial charge in [0.25, 0.3) is 0 Å². The maximum atomic E-state index is 10.5. The van der Waals surface area contributed by atoms with Gasteiger partial charge >= 0.3 is 0 Å². The second kappa shape index (κ2) is 7.09. The molecule has 0 heterocycles. The van der Waals surface area contributed by atoms with Gasteiger partial charge in [0.15, 0.2) is 0 Å². The molecular formula is C18H28O. The number of hydrogen-bond acceptors (Lipinski definition) is 1. The summed E-state index contributed by atoms with van der Waals surface area (Å²) < 4.78 is 0. The van der Waals surface area contributed by atoms with Gasteiger partial charge < -0.3 is 5.11 Å². The number of hydrogen-bond donors (Lipinski definition) is 1. The fourth-order valence-corrected chi connectivity index (χ4v) is 3.16. The van der Waals surface area contributed by atoms with Crippen LogP contribution in [-0.4, -0.2) is 10.7 Å². The molecular weight excluding hydrogens is 232 g/mol. The molecule has 0 saturated heterocycles. The van der Waals surface area contributed by atoms with Gasteiger partial charge in [-0.3, -0.25) is 0 Å². The molecule has 1 aliphatic rings. The smallest absolute Gasteiger partial charge is 0.0651 e. The predicted molar refractivity (Wildman–Crippen MR) is 81.4 cm³/mol. The molecule has 0 unspecified atom stereocenters. The lowest BCUT2D eigenvalue weighted by atomic mass is 9.81. The summed E-state index contributed by atoms with van der Waals surface area (Å²) in [4.78, 5) is 0. The van der Waals surface area contributed by atoms with E-state index in [2.05, 4.69) is 31.2 Å². The van der Waals surface area contributed by atoms with E-state index in [9.17, 15) is 5.11 Å². The Hall–Kier alpha value is -0.820. The van der Waals surface area contributed by atoms with Gasteiger partial charge in [0.2, 0.25) is 0 Å². The zero-order chi connectivity index (χ0) is 13.6. The highest BCUT2D eigenvalue weighted by molar-refractivity contribution is 5.24. The van der Waals surface area contributed by atoms with Crippen LogP contribution in [0.5, 0.6) is 0 Å². The van der Waals surface area contributed by atoms with Crippen molar-refractivity contribution in [2.75, 3.05) is 0 Å². The van der Waals surface area contributed by atoms with Crippen molar-refractivity contribution in [2.45, 2.75) is 76.7 Å². The Morgan fingerprint density at radius 2 is 1.74 bits per heavy atom. The van der Waals surface area contributed by atoms with Crippen LogP contribution in [0.4, 0.5) is 0 Å². The molecule has 1 saturated carbocycles. The van der Waals surface area contributed by atoms with Gasteiger partial charge in [-0.2, -0.15) is 0 Å². The molecule has 1 aromatic carbocycles. The van der Waals surface area contributed by atoms with Crippen molar-refractivity contribution in [1.29, 1.82) is 0 Å². The van der Waals surface area contributed by atoms with E-state index in [0.29, 0.717) is 0 Å². The molecule has 1 heteroatoms. The zero-order valence-corrected chi connectivity index (χ0v) is 12.3. The molecule has 19 heavy (non-hydrogen) atoms. The normalized spacial score (nSPS) is 18.4. The fraction of sp³-hybridized carbons (Fsp3) is 0.667. The van der Waals surface area contributed by atoms with E-state index in [0.717, 1.165) is 25.7 Å². The summed E-state index contributed by atoms with van der Waals surface area (Å²) in [5.41, 5.74) is 2.47. The molecule has 2 rings (SSSR count). The Morgan fingerprint density at radius 3 is 2.42 bits per heavy atom. The van der Waals surface area contributed by atoms with Crippen LogP contribution < -0.4 is 0 Å². The largest absolute Gasteiger partial charge is 0.390 e. The molecule has 106 valence electrons. The molecule has 0 spiro atoms. The quantitative estimate of drug-likeness (QED) is 0.789. The van der Waals surface area contributed by atoms with Crippen LogP contribution in [0.25, 0.3) is 0 Å². The minimum absolute atomic E-state index is 0.377. The molecule has 0 bridgehead atoms. The lowest BCUT2D eigenvalue weighted by molar-refractivity contribution is -0.00342. The third-order valence-electron chi connectivity index (χ3n) is 4.47. The van der Waals surface area contributed by atoms with Crippen LogP contribution in [0.2, 0.25) is 0 Å². The Kier molecular flexibility index (Phi) is 5.45. The minimum atomic E-state index is -0.377. The van der Waals surface area contributed by atoms with Crippen molar-refractivity contribution in [3.05, 3.63) is 35.4 Å². The van der Waals surface area contributed by atoms with Gasteiger partial charge in [-0.25, -0.2) is 0 Å². The Morgan fingerprint density at radius 1 is 1.05 bits per heavy atom. The predicted octanol–water partition coefficient (Wildman–Crippen LogP) is 4.66. The summed E-state index contributed by atoms with van der Waals surface area (Å²) in [5, 5.41) is 10.5. The standard InChI is InChI=1S/C18H28O/c1-2-3-8-16-9-7-10-17(15-16)11-14-18(19)12-5-4-6-13-18/h7,9-10,15,19H,2-6,8,11-14H2,1H3. The van der Waals surface area contributed by atoms with E-state index in [1.807, 2.05) is 0 Å². The van der Waals surface area contributed by atoms with Crippen LogP contribution in [0.1, 0.15) is 69.4 Å². The second-order valence-corrected chi connectivity index (χ2v) is 6.21. The van der Waals surface area contributed by atoms with E-state index in [1.165, 1.54) is 49.7 Å². The van der Waals surface area contributed by atoms with Crippen molar-refractivity contribution >= 4 is 0 Å². The maximum Gasteiger partial charge on any atom is 0.0651 e. The highest BCUT2D eigenvalue weighted by Crippen LogP contribution is 2.31. The number of aliphatic hydroxyl groups is 1. The molecule has 0 amide bonds. The van der Waals surface area contributed by atoms with Crippen LogP contribution in [0.3, 0.4) is 0 Å². The van der Waals surface area contributed by atoms with Crippen molar-refractivity contribution in [1.82, 2.24) is 0 Å². The summed E-state index contributed by atoms with van der Waals surface area (Å²) in [6, 6.07) is 8.95. The number of benzene rings is 1. The van der Waals surface area contributed by atoms with Crippen molar-refractivity contribution in [2.24, 2.45) is 0 Å². The Balaban J connectivity index is 1.88. The van der Waals surface area contributed by atoms with Gasteiger partial charge in [-0.05, 0) is 49.7 Å². The highest BCUT2D eigenvalue weighted by Gasteiger charge is 2.28. The van der Waals surface area contributed by atoms with E-state index >= 15 is 0 Å². The number of aryl methyl sites for hydroxylation is 2. The fourth-order valence-electron chi connectivity index (χ4n) is 3.16. The number of rotatable bonds is 6. The maximum absolute atomic E-state index is 10.5. The highest BCUT2D eigenvalue weighted by atomic mass is 16.3. The van der Waals surface area contributed by atoms with E-state index in [1.54, 1.807) is 0 Å². The molecule has 0 radical (unpaired) electrons. The molecule has 1 N–H and O–H groups in total. The van der Waals surface area contributed by atoms with Gasteiger partial charge in [-0.15, -0.1) is 0 Å². The van der Waals surface area contributed by atoms with Crippen LogP contribution in [-0.2, 0) is 12.8 Å². The van der Waals surface area contributed by atoms with Crippen molar-refractivity contribution < 1.29 is 5.11 Å². The van der Waals surface area contributed by atoms with Crippen LogP contribution >= 0.6 is 0 Å². The Labute approximate surface area is 118 Å². The van der Waals surface area contributed by atoms with Gasteiger partial charge in [0, 0.05) is 0 Å². The summed E-state index contributed by atoms with van der Waals surface area (Å²) in [5.74, 6) is 0. The molecule has 1 fully saturated rings. The molecule has 1 aromatic rings. The van der Waals surface area contributed by atoms with Gasteiger partial charge in [-0.1, -0.05) is 56.9 Å². The second-order valence-electron chi connectivity index (χ2n) is 6.21. The van der Waals surface area contributed by atoms with E-state index < -0.39 is 0 Å².